The van der Waals surface area contributed by atoms with E-state index in [1.54, 1.807) is 12.5 Å². The molecule has 4 nitrogen and oxygen atoms in total. The number of furan rings is 1. The van der Waals surface area contributed by atoms with E-state index in [2.05, 4.69) is 20.8 Å². The minimum atomic E-state index is -1.65. The second-order valence-electron chi connectivity index (χ2n) is 9.18. The first-order valence-electron chi connectivity index (χ1n) is 9.27. The van der Waals surface area contributed by atoms with Gasteiger partial charge >= 0.3 is 0 Å². The van der Waals surface area contributed by atoms with Crippen molar-refractivity contribution < 1.29 is 19.4 Å². The maximum absolute atomic E-state index is 10.9. The molecule has 0 radical (unpaired) electrons. The number of ether oxygens (including phenoxy) is 1. The summed E-state index contributed by atoms with van der Waals surface area (Å²) in [4.78, 5) is 0. The molecule has 1 aromatic rings. The van der Waals surface area contributed by atoms with Gasteiger partial charge in [-0.05, 0) is 55.6 Å². The van der Waals surface area contributed by atoms with Crippen LogP contribution in [-0.2, 0) is 11.2 Å². The SMILES string of the molecule is C[C@H]1C(O)(O)C[C@@]2(C)[C@@H](CC[C@@H]3O[C@@]32C)[C@]1(C)CCc1ccoc1. The molecule has 1 aromatic heterocycles. The van der Waals surface area contributed by atoms with E-state index in [1.807, 2.05) is 13.0 Å². The number of rotatable bonds is 3. The molecule has 1 saturated heterocycles. The van der Waals surface area contributed by atoms with Gasteiger partial charge < -0.3 is 19.4 Å². The van der Waals surface area contributed by atoms with Crippen LogP contribution in [0, 0.1) is 22.7 Å². The number of epoxide rings is 1. The lowest BCUT2D eigenvalue weighted by Gasteiger charge is -2.62. The van der Waals surface area contributed by atoms with Crippen LogP contribution in [0.2, 0.25) is 0 Å². The molecule has 134 valence electrons. The topological polar surface area (TPSA) is 66.1 Å². The van der Waals surface area contributed by atoms with Crippen LogP contribution in [0.4, 0.5) is 0 Å². The maximum atomic E-state index is 10.9. The van der Waals surface area contributed by atoms with Gasteiger partial charge in [0.15, 0.2) is 5.79 Å². The van der Waals surface area contributed by atoms with Crippen molar-refractivity contribution in [2.75, 3.05) is 0 Å². The third-order valence-electron chi connectivity index (χ3n) is 8.20. The van der Waals surface area contributed by atoms with Crippen molar-refractivity contribution in [3.8, 4) is 0 Å². The van der Waals surface area contributed by atoms with E-state index in [1.165, 1.54) is 5.56 Å². The van der Waals surface area contributed by atoms with Gasteiger partial charge in [-0.3, -0.25) is 0 Å². The molecule has 2 saturated carbocycles. The maximum Gasteiger partial charge on any atom is 0.166 e. The molecule has 4 rings (SSSR count). The predicted octanol–water partition coefficient (Wildman–Crippen LogP) is 3.51. The van der Waals surface area contributed by atoms with Crippen molar-refractivity contribution in [1.82, 2.24) is 0 Å². The van der Waals surface area contributed by atoms with Gasteiger partial charge in [-0.15, -0.1) is 0 Å². The molecule has 0 unspecified atom stereocenters. The van der Waals surface area contributed by atoms with Crippen LogP contribution in [0.15, 0.2) is 23.0 Å². The first kappa shape index (κ1) is 16.6. The van der Waals surface area contributed by atoms with E-state index in [9.17, 15) is 10.2 Å². The standard InChI is InChI=1S/C20H30O4/c1-13-17(2,9-7-14-8-10-23-11-14)15-5-6-16-19(4,24-16)18(15,3)12-20(13,21)22/h8,10-11,13,15-16,21-22H,5-7,9,12H2,1-4H3/t13-,15+,16+,17-,18+,19+/m1/s1. The molecule has 3 aliphatic rings. The zero-order chi connectivity index (χ0) is 17.4. The van der Waals surface area contributed by atoms with Gasteiger partial charge in [0.25, 0.3) is 0 Å². The molecule has 2 aliphatic carbocycles. The number of fused-ring (bicyclic) bond motifs is 3. The molecule has 0 spiro atoms. The highest BCUT2D eigenvalue weighted by Gasteiger charge is 2.74. The molecule has 2 N–H and O–H groups in total. The summed E-state index contributed by atoms with van der Waals surface area (Å²) in [5, 5.41) is 21.7. The summed E-state index contributed by atoms with van der Waals surface area (Å²) in [6.07, 6.45) is 8.23. The quantitative estimate of drug-likeness (QED) is 0.656. The van der Waals surface area contributed by atoms with Crippen molar-refractivity contribution in [3.05, 3.63) is 24.2 Å². The normalized spacial score (nSPS) is 49.3. The first-order valence-corrected chi connectivity index (χ1v) is 9.27. The van der Waals surface area contributed by atoms with Crippen LogP contribution in [0.1, 0.15) is 58.9 Å². The molecule has 0 amide bonds. The highest BCUT2D eigenvalue weighted by Crippen LogP contribution is 2.71. The summed E-state index contributed by atoms with van der Waals surface area (Å²) in [6, 6.07) is 2.00. The van der Waals surface area contributed by atoms with E-state index in [-0.39, 0.29) is 22.3 Å². The van der Waals surface area contributed by atoms with Gasteiger partial charge in [-0.25, -0.2) is 0 Å². The third kappa shape index (κ3) is 2.03. The Labute approximate surface area is 144 Å². The van der Waals surface area contributed by atoms with Crippen molar-refractivity contribution in [3.63, 3.8) is 0 Å². The fourth-order valence-corrected chi connectivity index (χ4v) is 6.20. The largest absolute Gasteiger partial charge is 0.472 e. The number of hydrogen-bond donors (Lipinski definition) is 2. The third-order valence-corrected chi connectivity index (χ3v) is 8.20. The summed E-state index contributed by atoms with van der Waals surface area (Å²) in [7, 11) is 0. The number of aliphatic hydroxyl groups is 2. The van der Waals surface area contributed by atoms with E-state index in [0.29, 0.717) is 18.4 Å². The minimum Gasteiger partial charge on any atom is -0.472 e. The van der Waals surface area contributed by atoms with Crippen molar-refractivity contribution in [2.45, 2.75) is 77.3 Å². The van der Waals surface area contributed by atoms with E-state index in [0.717, 1.165) is 25.7 Å². The number of aryl methyl sites for hydroxylation is 1. The zero-order valence-corrected chi connectivity index (χ0v) is 15.2. The second-order valence-corrected chi connectivity index (χ2v) is 9.18. The minimum absolute atomic E-state index is 0.145. The van der Waals surface area contributed by atoms with Crippen LogP contribution >= 0.6 is 0 Å². The van der Waals surface area contributed by atoms with Crippen LogP contribution in [0.5, 0.6) is 0 Å². The van der Waals surface area contributed by atoms with E-state index < -0.39 is 5.79 Å². The molecule has 24 heavy (non-hydrogen) atoms. The van der Waals surface area contributed by atoms with Gasteiger partial charge in [0.2, 0.25) is 0 Å². The molecule has 0 bridgehead atoms. The summed E-state index contributed by atoms with van der Waals surface area (Å²) in [5.41, 5.74) is 0.633. The summed E-state index contributed by atoms with van der Waals surface area (Å²) < 4.78 is 11.3. The Morgan fingerprint density at radius 3 is 2.62 bits per heavy atom. The van der Waals surface area contributed by atoms with Crippen molar-refractivity contribution in [1.29, 1.82) is 0 Å². The summed E-state index contributed by atoms with van der Waals surface area (Å²) in [5.74, 6) is -1.38. The van der Waals surface area contributed by atoms with E-state index >= 15 is 0 Å². The van der Waals surface area contributed by atoms with Crippen LogP contribution in [-0.4, -0.2) is 27.7 Å². The number of hydrogen-bond acceptors (Lipinski definition) is 4. The smallest absolute Gasteiger partial charge is 0.166 e. The molecular formula is C20H30O4. The molecule has 0 aromatic carbocycles. The second kappa shape index (κ2) is 4.87. The fourth-order valence-electron chi connectivity index (χ4n) is 6.20. The molecular weight excluding hydrogens is 304 g/mol. The molecule has 6 atom stereocenters. The average Bonchev–Trinajstić information content (AvgIpc) is 2.96. The Morgan fingerprint density at radius 2 is 1.96 bits per heavy atom. The highest BCUT2D eigenvalue weighted by molar-refractivity contribution is 5.22. The van der Waals surface area contributed by atoms with Crippen molar-refractivity contribution >= 4 is 0 Å². The highest BCUT2D eigenvalue weighted by atomic mass is 16.6. The molecule has 3 fully saturated rings. The van der Waals surface area contributed by atoms with Gasteiger partial charge in [-0.1, -0.05) is 20.8 Å². The van der Waals surface area contributed by atoms with Gasteiger partial charge in [0, 0.05) is 17.8 Å². The lowest BCUT2D eigenvalue weighted by atomic mass is 9.43. The monoisotopic (exact) mass is 334 g/mol. The summed E-state index contributed by atoms with van der Waals surface area (Å²) >= 11 is 0. The zero-order valence-electron chi connectivity index (χ0n) is 15.2. The molecule has 2 heterocycles. The Hall–Kier alpha value is -0.840. The van der Waals surface area contributed by atoms with Crippen LogP contribution in [0.25, 0.3) is 0 Å². The Morgan fingerprint density at radius 1 is 1.21 bits per heavy atom. The summed E-state index contributed by atoms with van der Waals surface area (Å²) in [6.45, 7) is 8.66. The lowest BCUT2D eigenvalue weighted by Crippen LogP contribution is -2.64. The van der Waals surface area contributed by atoms with Gasteiger partial charge in [0.05, 0.1) is 24.2 Å². The van der Waals surface area contributed by atoms with Crippen molar-refractivity contribution in [2.24, 2.45) is 22.7 Å². The van der Waals surface area contributed by atoms with Crippen LogP contribution in [0.3, 0.4) is 0 Å². The van der Waals surface area contributed by atoms with Crippen LogP contribution < -0.4 is 0 Å². The van der Waals surface area contributed by atoms with Gasteiger partial charge in [0.1, 0.15) is 0 Å². The van der Waals surface area contributed by atoms with Gasteiger partial charge in [-0.2, -0.15) is 0 Å². The first-order chi connectivity index (χ1) is 11.1. The predicted molar refractivity (Wildman–Crippen MR) is 90.2 cm³/mol. The fraction of sp³-hybridized carbons (Fsp3) is 0.800. The average molecular weight is 334 g/mol. The Kier molecular flexibility index (Phi) is 3.37. The molecule has 1 aliphatic heterocycles. The lowest BCUT2D eigenvalue weighted by molar-refractivity contribution is -0.298. The van der Waals surface area contributed by atoms with E-state index in [4.69, 9.17) is 9.15 Å². The molecule has 4 heteroatoms. The Balaban J connectivity index is 1.70. The Bertz CT molecular complexity index is 624.